The van der Waals surface area contributed by atoms with Gasteiger partial charge in [0.15, 0.2) is 0 Å². The Hall–Kier alpha value is -1.56. The molecular formula is C17H19ClF2N2O. The Kier molecular flexibility index (Phi) is 6.04. The average molecular weight is 341 g/mol. The molecule has 0 bridgehead atoms. The van der Waals surface area contributed by atoms with Crippen molar-refractivity contribution in [3.8, 4) is 11.3 Å². The van der Waals surface area contributed by atoms with E-state index < -0.39 is 11.6 Å². The molecule has 23 heavy (non-hydrogen) atoms. The summed E-state index contributed by atoms with van der Waals surface area (Å²) < 4.78 is 27.4. The van der Waals surface area contributed by atoms with E-state index in [1.807, 2.05) is 13.8 Å². The Morgan fingerprint density at radius 2 is 1.96 bits per heavy atom. The summed E-state index contributed by atoms with van der Waals surface area (Å²) in [7, 11) is 0. The summed E-state index contributed by atoms with van der Waals surface area (Å²) in [5.74, 6) is -0.726. The Bertz CT molecular complexity index is 659. The molecule has 0 aliphatic rings. The summed E-state index contributed by atoms with van der Waals surface area (Å²) in [6, 6.07) is 6.70. The quantitative estimate of drug-likeness (QED) is 0.841. The fraction of sp³-hybridized carbons (Fsp3) is 0.353. The van der Waals surface area contributed by atoms with Crippen LogP contribution in [0.1, 0.15) is 19.5 Å². The first-order chi connectivity index (χ1) is 10.9. The molecule has 0 aliphatic carbocycles. The number of aliphatic hydroxyl groups is 1. The van der Waals surface area contributed by atoms with Gasteiger partial charge in [0.25, 0.3) is 0 Å². The van der Waals surface area contributed by atoms with Gasteiger partial charge in [-0.15, -0.1) is 0 Å². The van der Waals surface area contributed by atoms with Gasteiger partial charge in [-0.1, -0.05) is 25.4 Å². The molecule has 1 aromatic heterocycles. The van der Waals surface area contributed by atoms with Crippen molar-refractivity contribution in [2.45, 2.75) is 26.4 Å². The summed E-state index contributed by atoms with van der Waals surface area (Å²) in [6.07, 6.45) is 0. The maximum atomic E-state index is 13.9. The lowest BCUT2D eigenvalue weighted by molar-refractivity contribution is 0.209. The number of aromatic nitrogens is 1. The summed E-state index contributed by atoms with van der Waals surface area (Å²) in [4.78, 5) is 4.25. The van der Waals surface area contributed by atoms with Gasteiger partial charge in [0.1, 0.15) is 11.6 Å². The first-order valence-corrected chi connectivity index (χ1v) is 7.74. The number of rotatable bonds is 6. The molecule has 124 valence electrons. The molecule has 0 saturated carbocycles. The van der Waals surface area contributed by atoms with Crippen molar-refractivity contribution >= 4 is 11.6 Å². The molecule has 0 amide bonds. The SMILES string of the molecule is CC(C)[C@H](CO)NCc1nc(-c2cc(F)cc(Cl)c2)ccc1F. The Morgan fingerprint density at radius 3 is 2.57 bits per heavy atom. The van der Waals surface area contributed by atoms with Gasteiger partial charge in [0.2, 0.25) is 0 Å². The molecule has 0 radical (unpaired) electrons. The van der Waals surface area contributed by atoms with Crippen LogP contribution in [0.25, 0.3) is 11.3 Å². The molecular weight excluding hydrogens is 322 g/mol. The van der Waals surface area contributed by atoms with Crippen molar-refractivity contribution < 1.29 is 13.9 Å². The van der Waals surface area contributed by atoms with E-state index in [1.165, 1.54) is 24.3 Å². The molecule has 0 saturated heterocycles. The lowest BCUT2D eigenvalue weighted by atomic mass is 10.1. The molecule has 6 heteroatoms. The lowest BCUT2D eigenvalue weighted by Crippen LogP contribution is -2.36. The zero-order chi connectivity index (χ0) is 17.0. The number of halogens is 3. The number of pyridine rings is 1. The molecule has 0 spiro atoms. The van der Waals surface area contributed by atoms with E-state index in [-0.39, 0.29) is 35.8 Å². The van der Waals surface area contributed by atoms with Crippen molar-refractivity contribution in [3.05, 3.63) is 52.7 Å². The smallest absolute Gasteiger partial charge is 0.146 e. The van der Waals surface area contributed by atoms with Gasteiger partial charge in [-0.25, -0.2) is 13.8 Å². The van der Waals surface area contributed by atoms with Gasteiger partial charge in [0, 0.05) is 23.2 Å². The molecule has 0 fully saturated rings. The van der Waals surface area contributed by atoms with Crippen LogP contribution < -0.4 is 5.32 Å². The zero-order valence-electron chi connectivity index (χ0n) is 13.0. The number of hydrogen-bond donors (Lipinski definition) is 2. The van der Waals surface area contributed by atoms with E-state index >= 15 is 0 Å². The zero-order valence-corrected chi connectivity index (χ0v) is 13.7. The van der Waals surface area contributed by atoms with Crippen molar-refractivity contribution in [1.82, 2.24) is 10.3 Å². The topological polar surface area (TPSA) is 45.1 Å². The van der Waals surface area contributed by atoms with E-state index in [0.29, 0.717) is 11.3 Å². The van der Waals surface area contributed by atoms with Crippen LogP contribution in [-0.2, 0) is 6.54 Å². The first kappa shape index (κ1) is 17.8. The van der Waals surface area contributed by atoms with Crippen molar-refractivity contribution in [1.29, 1.82) is 0 Å². The summed E-state index contributed by atoms with van der Waals surface area (Å²) >= 11 is 5.85. The highest BCUT2D eigenvalue weighted by molar-refractivity contribution is 6.30. The third kappa shape index (κ3) is 4.70. The van der Waals surface area contributed by atoms with E-state index in [4.69, 9.17) is 11.6 Å². The molecule has 2 aromatic rings. The highest BCUT2D eigenvalue weighted by Crippen LogP contribution is 2.24. The molecule has 3 nitrogen and oxygen atoms in total. The Labute approximate surface area is 139 Å². The maximum Gasteiger partial charge on any atom is 0.146 e. The number of nitrogens with zero attached hydrogens (tertiary/aromatic N) is 1. The Morgan fingerprint density at radius 1 is 1.22 bits per heavy atom. The minimum atomic E-state index is -0.474. The van der Waals surface area contributed by atoms with Crippen LogP contribution in [0.2, 0.25) is 5.02 Å². The lowest BCUT2D eigenvalue weighted by Gasteiger charge is -2.20. The fourth-order valence-electron chi connectivity index (χ4n) is 2.21. The molecule has 0 aliphatic heterocycles. The Balaban J connectivity index is 2.25. The van der Waals surface area contributed by atoms with Crippen LogP contribution in [0.3, 0.4) is 0 Å². The van der Waals surface area contributed by atoms with Crippen LogP contribution in [0.4, 0.5) is 8.78 Å². The normalized spacial score (nSPS) is 12.7. The second kappa shape index (κ2) is 7.81. The van der Waals surface area contributed by atoms with Crippen LogP contribution in [0.5, 0.6) is 0 Å². The van der Waals surface area contributed by atoms with Crippen LogP contribution in [-0.4, -0.2) is 22.7 Å². The predicted molar refractivity (Wildman–Crippen MR) is 87.2 cm³/mol. The van der Waals surface area contributed by atoms with Gasteiger partial charge in [-0.3, -0.25) is 0 Å². The third-order valence-corrected chi connectivity index (χ3v) is 3.83. The van der Waals surface area contributed by atoms with Crippen LogP contribution in [0.15, 0.2) is 30.3 Å². The van der Waals surface area contributed by atoms with Crippen molar-refractivity contribution in [2.75, 3.05) is 6.61 Å². The molecule has 1 atom stereocenters. The predicted octanol–water partition coefficient (Wildman–Crippen LogP) is 3.79. The van der Waals surface area contributed by atoms with Gasteiger partial charge in [0.05, 0.1) is 18.0 Å². The maximum absolute atomic E-state index is 13.9. The molecule has 2 rings (SSSR count). The highest BCUT2D eigenvalue weighted by atomic mass is 35.5. The first-order valence-electron chi connectivity index (χ1n) is 7.37. The molecule has 1 aromatic carbocycles. The van der Waals surface area contributed by atoms with Crippen molar-refractivity contribution in [2.24, 2.45) is 5.92 Å². The summed E-state index contributed by atoms with van der Waals surface area (Å²) in [6.45, 7) is 4.05. The second-order valence-corrected chi connectivity index (χ2v) is 6.13. The third-order valence-electron chi connectivity index (χ3n) is 3.61. The van der Waals surface area contributed by atoms with Gasteiger partial charge < -0.3 is 10.4 Å². The summed E-state index contributed by atoms with van der Waals surface area (Å²) in [5, 5.41) is 12.6. The number of nitrogens with one attached hydrogen (secondary N) is 1. The van der Waals surface area contributed by atoms with E-state index in [9.17, 15) is 13.9 Å². The fourth-order valence-corrected chi connectivity index (χ4v) is 2.43. The summed E-state index contributed by atoms with van der Waals surface area (Å²) in [5.41, 5.74) is 1.13. The van der Waals surface area contributed by atoms with Gasteiger partial charge in [-0.2, -0.15) is 0 Å². The van der Waals surface area contributed by atoms with Crippen LogP contribution in [0, 0.1) is 17.6 Å². The van der Waals surface area contributed by atoms with E-state index in [0.717, 1.165) is 0 Å². The minimum absolute atomic E-state index is 0.0432. The van der Waals surface area contributed by atoms with Gasteiger partial charge in [-0.05, 0) is 36.2 Å². The van der Waals surface area contributed by atoms with E-state index in [2.05, 4.69) is 10.3 Å². The molecule has 2 N–H and O–H groups in total. The standard InChI is InChI=1S/C17H19ClF2N2O/c1-10(2)17(9-23)21-8-16-14(20)3-4-15(22-16)11-5-12(18)7-13(19)6-11/h3-7,10,17,21,23H,8-9H2,1-2H3/t17-/m0/s1. The monoisotopic (exact) mass is 340 g/mol. The molecule has 1 heterocycles. The minimum Gasteiger partial charge on any atom is -0.395 e. The average Bonchev–Trinajstić information content (AvgIpc) is 2.48. The number of aliphatic hydroxyl groups excluding tert-OH is 1. The second-order valence-electron chi connectivity index (χ2n) is 5.70. The van der Waals surface area contributed by atoms with Gasteiger partial charge >= 0.3 is 0 Å². The van der Waals surface area contributed by atoms with E-state index in [1.54, 1.807) is 6.07 Å². The number of benzene rings is 1. The highest BCUT2D eigenvalue weighted by Gasteiger charge is 2.14. The molecule has 0 unspecified atom stereocenters. The van der Waals surface area contributed by atoms with Crippen molar-refractivity contribution in [3.63, 3.8) is 0 Å². The number of hydrogen-bond acceptors (Lipinski definition) is 3. The van der Waals surface area contributed by atoms with Crippen LogP contribution >= 0.6 is 11.6 Å². The largest absolute Gasteiger partial charge is 0.395 e.